The molecule has 0 radical (unpaired) electrons. The Bertz CT molecular complexity index is 1010. The molecule has 1 N–H and O–H groups in total. The van der Waals surface area contributed by atoms with Crippen LogP contribution in [0, 0.1) is 6.92 Å². The lowest BCUT2D eigenvalue weighted by Crippen LogP contribution is -2.48. The van der Waals surface area contributed by atoms with E-state index in [1.54, 1.807) is 11.1 Å². The van der Waals surface area contributed by atoms with Crippen molar-refractivity contribution in [2.45, 2.75) is 13.5 Å². The molecule has 0 spiro atoms. The molecular formula is C18H21N5O2. The monoisotopic (exact) mass is 339 g/mol. The van der Waals surface area contributed by atoms with E-state index < -0.39 is 0 Å². The van der Waals surface area contributed by atoms with Crippen LogP contribution in [0.5, 0.6) is 0 Å². The second kappa shape index (κ2) is 6.00. The van der Waals surface area contributed by atoms with Crippen molar-refractivity contribution in [1.29, 1.82) is 0 Å². The number of fused-ring (bicyclic) bond motifs is 3. The molecule has 25 heavy (non-hydrogen) atoms. The molecular weight excluding hydrogens is 318 g/mol. The Hall–Kier alpha value is -2.67. The number of nitrogens with zero attached hydrogens (tertiary/aromatic N) is 4. The number of hydrogen-bond acceptors (Lipinski definition) is 4. The van der Waals surface area contributed by atoms with E-state index >= 15 is 0 Å². The first kappa shape index (κ1) is 15.8. The molecule has 1 aliphatic rings. The minimum absolute atomic E-state index is 0.0210. The molecule has 3 heterocycles. The average Bonchev–Trinajstić information content (AvgIpc) is 2.96. The number of benzene rings is 1. The van der Waals surface area contributed by atoms with E-state index in [-0.39, 0.29) is 18.0 Å². The normalized spacial score (nSPS) is 16.0. The molecule has 1 saturated heterocycles. The third kappa shape index (κ3) is 2.80. The summed E-state index contributed by atoms with van der Waals surface area (Å²) in [6, 6.07) is 6.00. The molecule has 2 aromatic heterocycles. The minimum atomic E-state index is -0.256. The Labute approximate surface area is 144 Å². The van der Waals surface area contributed by atoms with Gasteiger partial charge in [-0.05, 0) is 26.1 Å². The zero-order valence-corrected chi connectivity index (χ0v) is 14.5. The number of rotatable bonds is 2. The van der Waals surface area contributed by atoms with Crippen molar-refractivity contribution in [3.8, 4) is 0 Å². The Balaban J connectivity index is 1.66. The van der Waals surface area contributed by atoms with Crippen molar-refractivity contribution in [1.82, 2.24) is 24.6 Å². The summed E-state index contributed by atoms with van der Waals surface area (Å²) in [5.74, 6) is -0.0611. The quantitative estimate of drug-likeness (QED) is 0.755. The van der Waals surface area contributed by atoms with Crippen LogP contribution in [-0.4, -0.2) is 63.7 Å². The Morgan fingerprint density at radius 2 is 1.96 bits per heavy atom. The van der Waals surface area contributed by atoms with Gasteiger partial charge in [0, 0.05) is 42.5 Å². The van der Waals surface area contributed by atoms with E-state index in [1.807, 2.05) is 32.2 Å². The van der Waals surface area contributed by atoms with Gasteiger partial charge in [0.2, 0.25) is 5.91 Å². The van der Waals surface area contributed by atoms with Gasteiger partial charge >= 0.3 is 0 Å². The van der Waals surface area contributed by atoms with Crippen molar-refractivity contribution >= 4 is 27.7 Å². The first-order valence-electron chi connectivity index (χ1n) is 8.47. The molecule has 7 heteroatoms. The fraction of sp³-hybridized carbons (Fsp3) is 0.389. The van der Waals surface area contributed by atoms with Gasteiger partial charge in [0.15, 0.2) is 0 Å². The van der Waals surface area contributed by atoms with E-state index in [4.69, 9.17) is 0 Å². The molecule has 0 aliphatic carbocycles. The fourth-order valence-corrected chi connectivity index (χ4v) is 3.33. The van der Waals surface area contributed by atoms with Gasteiger partial charge in [0.25, 0.3) is 5.56 Å². The zero-order chi connectivity index (χ0) is 17.6. The smallest absolute Gasteiger partial charge is 0.291 e. The van der Waals surface area contributed by atoms with Gasteiger partial charge in [-0.15, -0.1) is 0 Å². The van der Waals surface area contributed by atoms with Crippen LogP contribution in [0.25, 0.3) is 21.8 Å². The second-order valence-corrected chi connectivity index (χ2v) is 6.75. The number of aromatic amines is 1. The van der Waals surface area contributed by atoms with Crippen molar-refractivity contribution in [3.63, 3.8) is 0 Å². The molecule has 0 unspecified atom stereocenters. The SMILES string of the molecule is Cc1ccc2[nH]c3c(=O)n(CC(=O)N4CCN(C)CC4)ncc3c2c1. The van der Waals surface area contributed by atoms with Crippen molar-refractivity contribution in [3.05, 3.63) is 40.3 Å². The second-order valence-electron chi connectivity index (χ2n) is 6.75. The molecule has 0 bridgehead atoms. The van der Waals surface area contributed by atoms with Crippen LogP contribution < -0.4 is 5.56 Å². The standard InChI is InChI=1S/C18H21N5O2/c1-12-3-4-15-13(9-12)14-10-19-23(18(25)17(14)20-15)11-16(24)22-7-5-21(2)6-8-22/h3-4,9-10,20H,5-8,11H2,1-2H3. The molecule has 7 nitrogen and oxygen atoms in total. The lowest BCUT2D eigenvalue weighted by Gasteiger charge is -2.32. The van der Waals surface area contributed by atoms with Crippen molar-refractivity contribution in [2.24, 2.45) is 0 Å². The summed E-state index contributed by atoms with van der Waals surface area (Å²) in [5.41, 5.74) is 2.28. The van der Waals surface area contributed by atoms with Gasteiger partial charge in [0.05, 0.1) is 6.20 Å². The zero-order valence-electron chi connectivity index (χ0n) is 14.5. The first-order chi connectivity index (χ1) is 12.0. The Kier molecular flexibility index (Phi) is 3.80. The fourth-order valence-electron chi connectivity index (χ4n) is 3.33. The summed E-state index contributed by atoms with van der Waals surface area (Å²) in [5, 5.41) is 6.02. The van der Waals surface area contributed by atoms with Crippen LogP contribution in [0.15, 0.2) is 29.2 Å². The molecule has 130 valence electrons. The van der Waals surface area contributed by atoms with Crippen LogP contribution in [0.2, 0.25) is 0 Å². The van der Waals surface area contributed by atoms with Gasteiger partial charge in [-0.1, -0.05) is 11.6 Å². The first-order valence-corrected chi connectivity index (χ1v) is 8.47. The highest BCUT2D eigenvalue weighted by Gasteiger charge is 2.20. The number of H-pyrrole nitrogens is 1. The molecule has 1 aromatic carbocycles. The number of likely N-dealkylation sites (N-methyl/N-ethyl adjacent to an activating group) is 1. The summed E-state index contributed by atoms with van der Waals surface area (Å²) in [7, 11) is 2.04. The van der Waals surface area contributed by atoms with Crippen molar-refractivity contribution in [2.75, 3.05) is 33.2 Å². The van der Waals surface area contributed by atoms with Gasteiger partial charge in [0.1, 0.15) is 12.1 Å². The van der Waals surface area contributed by atoms with E-state index in [9.17, 15) is 9.59 Å². The summed E-state index contributed by atoms with van der Waals surface area (Å²) >= 11 is 0. The van der Waals surface area contributed by atoms with E-state index in [0.29, 0.717) is 18.6 Å². The molecule has 4 rings (SSSR count). The highest BCUT2D eigenvalue weighted by atomic mass is 16.2. The number of carbonyl (C=O) groups excluding carboxylic acids is 1. The molecule has 0 atom stereocenters. The van der Waals surface area contributed by atoms with Crippen LogP contribution >= 0.6 is 0 Å². The number of carbonyl (C=O) groups is 1. The number of aromatic nitrogens is 3. The van der Waals surface area contributed by atoms with Gasteiger partial charge in [-0.2, -0.15) is 5.10 Å². The third-order valence-electron chi connectivity index (χ3n) is 4.91. The summed E-state index contributed by atoms with van der Waals surface area (Å²) in [6.07, 6.45) is 1.67. The minimum Gasteiger partial charge on any atom is -0.350 e. The number of piperazine rings is 1. The van der Waals surface area contributed by atoms with Crippen molar-refractivity contribution < 1.29 is 4.79 Å². The number of aryl methyl sites for hydroxylation is 1. The number of hydrogen-bond donors (Lipinski definition) is 1. The van der Waals surface area contributed by atoms with Crippen LogP contribution in [-0.2, 0) is 11.3 Å². The topological polar surface area (TPSA) is 74.2 Å². The largest absolute Gasteiger partial charge is 0.350 e. The van der Waals surface area contributed by atoms with E-state index in [2.05, 4.69) is 15.0 Å². The summed E-state index contributed by atoms with van der Waals surface area (Å²) in [4.78, 5) is 32.4. The van der Waals surface area contributed by atoms with E-state index in [1.165, 1.54) is 4.68 Å². The molecule has 1 aliphatic heterocycles. The number of nitrogens with one attached hydrogen (secondary N) is 1. The summed E-state index contributed by atoms with van der Waals surface area (Å²) < 4.78 is 1.26. The Morgan fingerprint density at radius 3 is 2.72 bits per heavy atom. The number of amides is 1. The molecule has 0 saturated carbocycles. The summed E-state index contributed by atoms with van der Waals surface area (Å²) in [6.45, 7) is 5.09. The third-order valence-corrected chi connectivity index (χ3v) is 4.91. The highest BCUT2D eigenvalue weighted by molar-refractivity contribution is 6.06. The van der Waals surface area contributed by atoms with Gasteiger partial charge in [-0.3, -0.25) is 9.59 Å². The molecule has 3 aromatic rings. The van der Waals surface area contributed by atoms with Crippen LogP contribution in [0.4, 0.5) is 0 Å². The average molecular weight is 339 g/mol. The predicted molar refractivity (Wildman–Crippen MR) is 96.7 cm³/mol. The van der Waals surface area contributed by atoms with Gasteiger partial charge in [-0.25, -0.2) is 4.68 Å². The van der Waals surface area contributed by atoms with Crippen LogP contribution in [0.1, 0.15) is 5.56 Å². The predicted octanol–water partition coefficient (Wildman–Crippen LogP) is 0.960. The lowest BCUT2D eigenvalue weighted by molar-refractivity contribution is -0.133. The lowest BCUT2D eigenvalue weighted by atomic mass is 10.1. The van der Waals surface area contributed by atoms with Crippen LogP contribution in [0.3, 0.4) is 0 Å². The maximum Gasteiger partial charge on any atom is 0.291 e. The maximum absolute atomic E-state index is 12.7. The molecule has 1 amide bonds. The van der Waals surface area contributed by atoms with Gasteiger partial charge < -0.3 is 14.8 Å². The molecule has 1 fully saturated rings. The maximum atomic E-state index is 12.7. The van der Waals surface area contributed by atoms with E-state index in [0.717, 1.165) is 34.9 Å². The highest BCUT2D eigenvalue weighted by Crippen LogP contribution is 2.23. The Morgan fingerprint density at radius 1 is 1.20 bits per heavy atom.